The van der Waals surface area contributed by atoms with Gasteiger partial charge in [-0.25, -0.2) is 4.79 Å². The van der Waals surface area contributed by atoms with E-state index in [0.717, 1.165) is 28.0 Å². The van der Waals surface area contributed by atoms with Gasteiger partial charge in [0.25, 0.3) is 0 Å². The largest absolute Gasteiger partial charge is 0.449 e. The lowest BCUT2D eigenvalue weighted by atomic mass is 9.88. The van der Waals surface area contributed by atoms with E-state index in [-0.39, 0.29) is 11.8 Å². The highest BCUT2D eigenvalue weighted by Gasteiger charge is 2.27. The van der Waals surface area contributed by atoms with Crippen molar-refractivity contribution in [3.8, 4) is 6.07 Å². The molecule has 0 saturated carbocycles. The predicted molar refractivity (Wildman–Crippen MR) is 134 cm³/mol. The number of anilines is 1. The number of carbonyl (C=O) groups is 2. The van der Waals surface area contributed by atoms with Crippen LogP contribution in [0.1, 0.15) is 33.6 Å². The second-order valence-electron chi connectivity index (χ2n) is 8.17. The Morgan fingerprint density at radius 2 is 2.06 bits per heavy atom. The van der Waals surface area contributed by atoms with Crippen molar-refractivity contribution >= 4 is 34.4 Å². The van der Waals surface area contributed by atoms with Crippen molar-refractivity contribution < 1.29 is 14.3 Å². The summed E-state index contributed by atoms with van der Waals surface area (Å²) < 4.78 is 5.43. The fourth-order valence-electron chi connectivity index (χ4n) is 3.90. The van der Waals surface area contributed by atoms with Gasteiger partial charge in [0.1, 0.15) is 11.1 Å². The smallest absolute Gasteiger partial charge is 0.407 e. The number of nitriles is 1. The quantitative estimate of drug-likeness (QED) is 0.461. The number of nitrogens with one attached hydrogen (secondary N) is 2. The summed E-state index contributed by atoms with van der Waals surface area (Å²) >= 11 is 1.42. The van der Waals surface area contributed by atoms with Crippen LogP contribution in [0.3, 0.4) is 0 Å². The number of thiophene rings is 1. The molecule has 1 unspecified atom stereocenters. The van der Waals surface area contributed by atoms with Crippen LogP contribution >= 0.6 is 11.3 Å². The first-order valence-corrected chi connectivity index (χ1v) is 12.2. The highest BCUT2D eigenvalue weighted by atomic mass is 32.1. The first-order valence-electron chi connectivity index (χ1n) is 11.4. The minimum absolute atomic E-state index is 0.172. The number of rotatable bonds is 8. The van der Waals surface area contributed by atoms with Crippen LogP contribution in [0.4, 0.5) is 9.80 Å². The Morgan fingerprint density at radius 1 is 1.23 bits per heavy atom. The molecule has 3 aromatic heterocycles. The van der Waals surface area contributed by atoms with Crippen molar-refractivity contribution in [2.45, 2.75) is 25.7 Å². The zero-order valence-corrected chi connectivity index (χ0v) is 19.9. The third-order valence-electron chi connectivity index (χ3n) is 5.68. The number of hydrogen-bond donors (Lipinski definition) is 2. The lowest BCUT2D eigenvalue weighted by Gasteiger charge is -2.21. The van der Waals surface area contributed by atoms with Gasteiger partial charge in [-0.1, -0.05) is 12.1 Å². The number of ether oxygens (including phenoxy) is 1. The number of aromatic nitrogens is 2. The molecule has 3 heterocycles. The highest BCUT2D eigenvalue weighted by Crippen LogP contribution is 2.39. The van der Waals surface area contributed by atoms with Gasteiger partial charge in [-0.3, -0.25) is 14.8 Å². The monoisotopic (exact) mass is 487 g/mol. The van der Waals surface area contributed by atoms with E-state index in [9.17, 15) is 14.9 Å². The van der Waals surface area contributed by atoms with Gasteiger partial charge in [-0.2, -0.15) is 5.26 Å². The molecule has 2 amide bonds. The van der Waals surface area contributed by atoms with Crippen LogP contribution in [0.5, 0.6) is 0 Å². The molecule has 3 aromatic rings. The molecule has 0 saturated heterocycles. The van der Waals surface area contributed by atoms with E-state index < -0.39 is 6.09 Å². The Hall–Kier alpha value is -4.03. The van der Waals surface area contributed by atoms with Crippen LogP contribution in [-0.2, 0) is 28.8 Å². The van der Waals surface area contributed by atoms with Crippen LogP contribution in [-0.4, -0.2) is 35.1 Å². The zero-order valence-electron chi connectivity index (χ0n) is 19.1. The Bertz CT molecular complexity index is 1240. The molecule has 0 bridgehead atoms. The van der Waals surface area contributed by atoms with E-state index in [0.29, 0.717) is 43.0 Å². The molecular formula is C26H25N5O3S. The van der Waals surface area contributed by atoms with Crippen molar-refractivity contribution in [2.24, 2.45) is 5.92 Å². The van der Waals surface area contributed by atoms with E-state index in [1.807, 2.05) is 18.2 Å². The van der Waals surface area contributed by atoms with Crippen LogP contribution in [0.2, 0.25) is 0 Å². The van der Waals surface area contributed by atoms with E-state index >= 15 is 0 Å². The fraction of sp³-hybridized carbons (Fsp3) is 0.269. The van der Waals surface area contributed by atoms with Crippen LogP contribution in [0.15, 0.2) is 55.1 Å². The molecule has 0 radical (unpaired) electrons. The van der Waals surface area contributed by atoms with Gasteiger partial charge in [0.2, 0.25) is 5.91 Å². The first-order chi connectivity index (χ1) is 17.1. The molecular weight excluding hydrogens is 462 g/mol. The van der Waals surface area contributed by atoms with Gasteiger partial charge in [-0.15, -0.1) is 11.3 Å². The Kier molecular flexibility index (Phi) is 8.20. The maximum Gasteiger partial charge on any atom is 0.407 e. The molecule has 1 atom stereocenters. The number of pyridine rings is 2. The number of alkyl carbamates (subject to hydrolysis) is 1. The van der Waals surface area contributed by atoms with Crippen molar-refractivity contribution in [1.29, 1.82) is 5.26 Å². The van der Waals surface area contributed by atoms with Crippen molar-refractivity contribution in [3.63, 3.8) is 0 Å². The summed E-state index contributed by atoms with van der Waals surface area (Å²) in [6.45, 7) is 0.793. The maximum absolute atomic E-state index is 12.4. The average Bonchev–Trinajstić information content (AvgIpc) is 3.23. The van der Waals surface area contributed by atoms with Crippen LogP contribution in [0, 0.1) is 17.2 Å². The average molecular weight is 488 g/mol. The van der Waals surface area contributed by atoms with Gasteiger partial charge in [0.15, 0.2) is 0 Å². The Balaban J connectivity index is 1.28. The number of fused-ring (bicyclic) bond motifs is 1. The van der Waals surface area contributed by atoms with Gasteiger partial charge >= 0.3 is 6.09 Å². The molecule has 35 heavy (non-hydrogen) atoms. The second kappa shape index (κ2) is 11.9. The standard InChI is InChI=1S/C26H25N5O3S/c27-14-22-21-7-5-20(17-34-26(33)30-12-9-19-4-2-11-29-16-19)13-23(21)35-25(22)31-24(32)8-6-18-3-1-10-28-15-18/h1-4,6,8,10-11,15-16,20H,5,7,9,12-13,17H2,(H,30,33)(H,31,32)/b8-6+. The SMILES string of the molecule is N#Cc1c(NC(=O)/C=C/c2cccnc2)sc2c1CCC(COC(=O)NCCc1cccnc1)C2. The third kappa shape index (κ3) is 6.74. The molecule has 9 heteroatoms. The number of hydrogen-bond acceptors (Lipinski definition) is 7. The molecule has 4 rings (SSSR count). The Labute approximate surface area is 207 Å². The zero-order chi connectivity index (χ0) is 24.5. The molecule has 0 fully saturated rings. The Morgan fingerprint density at radius 3 is 2.80 bits per heavy atom. The van der Waals surface area contributed by atoms with Crippen molar-refractivity contribution in [1.82, 2.24) is 15.3 Å². The van der Waals surface area contributed by atoms with Gasteiger partial charge in [0, 0.05) is 42.3 Å². The number of nitrogens with zero attached hydrogens (tertiary/aromatic N) is 3. The lowest BCUT2D eigenvalue weighted by Crippen LogP contribution is -2.29. The van der Waals surface area contributed by atoms with Gasteiger partial charge in [-0.05, 0) is 66.5 Å². The summed E-state index contributed by atoms with van der Waals surface area (Å²) in [5.74, 6) is -0.127. The number of carbonyl (C=O) groups excluding carboxylic acids is 2. The summed E-state index contributed by atoms with van der Waals surface area (Å²) in [6.07, 6.45) is 12.4. The van der Waals surface area contributed by atoms with E-state index in [1.165, 1.54) is 17.4 Å². The van der Waals surface area contributed by atoms with Gasteiger partial charge < -0.3 is 15.4 Å². The van der Waals surface area contributed by atoms with Crippen molar-refractivity contribution in [3.05, 3.63) is 82.3 Å². The van der Waals surface area contributed by atoms with Crippen LogP contribution < -0.4 is 10.6 Å². The summed E-state index contributed by atoms with van der Waals surface area (Å²) in [4.78, 5) is 33.6. The van der Waals surface area contributed by atoms with E-state index in [2.05, 4.69) is 26.7 Å². The summed E-state index contributed by atoms with van der Waals surface area (Å²) in [6, 6.07) is 9.72. The van der Waals surface area contributed by atoms with E-state index in [1.54, 1.807) is 36.9 Å². The number of amides is 2. The molecule has 2 N–H and O–H groups in total. The summed E-state index contributed by atoms with van der Waals surface area (Å²) in [5.41, 5.74) is 3.38. The van der Waals surface area contributed by atoms with E-state index in [4.69, 9.17) is 4.74 Å². The molecule has 0 aliphatic heterocycles. The molecule has 0 aromatic carbocycles. The van der Waals surface area contributed by atoms with Crippen molar-refractivity contribution in [2.75, 3.05) is 18.5 Å². The normalized spacial score (nSPS) is 14.7. The minimum atomic E-state index is -0.433. The molecule has 178 valence electrons. The minimum Gasteiger partial charge on any atom is -0.449 e. The fourth-order valence-corrected chi connectivity index (χ4v) is 5.22. The summed E-state index contributed by atoms with van der Waals surface area (Å²) in [5, 5.41) is 15.9. The molecule has 1 aliphatic rings. The summed E-state index contributed by atoms with van der Waals surface area (Å²) in [7, 11) is 0. The lowest BCUT2D eigenvalue weighted by molar-refractivity contribution is -0.111. The third-order valence-corrected chi connectivity index (χ3v) is 6.85. The van der Waals surface area contributed by atoms with Gasteiger partial charge in [0.05, 0.1) is 12.2 Å². The highest BCUT2D eigenvalue weighted by molar-refractivity contribution is 7.16. The predicted octanol–water partition coefficient (Wildman–Crippen LogP) is 4.14. The molecule has 1 aliphatic carbocycles. The first kappa shape index (κ1) is 24.1. The molecule has 8 nitrogen and oxygen atoms in total. The topological polar surface area (TPSA) is 117 Å². The second-order valence-corrected chi connectivity index (χ2v) is 9.28. The maximum atomic E-state index is 12.4. The molecule has 0 spiro atoms. The van der Waals surface area contributed by atoms with Crippen LogP contribution in [0.25, 0.3) is 6.08 Å².